The Balaban J connectivity index is 1.48. The van der Waals surface area contributed by atoms with Gasteiger partial charge in [0.05, 0.1) is 11.0 Å². The van der Waals surface area contributed by atoms with Gasteiger partial charge in [0, 0.05) is 23.6 Å². The van der Waals surface area contributed by atoms with Crippen LogP contribution in [0.4, 0.5) is 30.7 Å². The van der Waals surface area contributed by atoms with Crippen LogP contribution in [0.5, 0.6) is 0 Å². The minimum absolute atomic E-state index is 0.0670. The molecule has 5 rings (SSSR count). The third-order valence-corrected chi connectivity index (χ3v) is 9.27. The average molecular weight is 507 g/mol. The number of aliphatic hydroxyl groups is 1. The van der Waals surface area contributed by atoms with Gasteiger partial charge in [0.15, 0.2) is 0 Å². The number of alkyl halides is 7. The summed E-state index contributed by atoms with van der Waals surface area (Å²) in [5, 5.41) is 10.9. The van der Waals surface area contributed by atoms with Gasteiger partial charge in [-0.3, -0.25) is 4.79 Å². The van der Waals surface area contributed by atoms with Crippen LogP contribution in [0.1, 0.15) is 75.0 Å². The molecular weight excluding hydrogens is 479 g/mol. The zero-order chi connectivity index (χ0) is 25.7. The minimum Gasteiger partial charge on any atom is -0.390 e. The fourth-order valence-electron chi connectivity index (χ4n) is 7.48. The molecule has 2 saturated carbocycles. The van der Waals surface area contributed by atoms with Crippen molar-refractivity contribution in [3.63, 3.8) is 0 Å². The Morgan fingerprint density at radius 2 is 1.57 bits per heavy atom. The van der Waals surface area contributed by atoms with Crippen LogP contribution in [0.25, 0.3) is 0 Å². The highest BCUT2D eigenvalue weighted by Gasteiger charge is 2.73. The molecule has 4 aliphatic rings. The van der Waals surface area contributed by atoms with Gasteiger partial charge < -0.3 is 10.0 Å². The van der Waals surface area contributed by atoms with Gasteiger partial charge in [0.1, 0.15) is 0 Å². The van der Waals surface area contributed by atoms with Crippen LogP contribution in [0.15, 0.2) is 18.2 Å². The third-order valence-electron chi connectivity index (χ3n) is 9.27. The van der Waals surface area contributed by atoms with Crippen LogP contribution in [0.2, 0.25) is 0 Å². The maximum atomic E-state index is 14.7. The van der Waals surface area contributed by atoms with Crippen molar-refractivity contribution in [2.75, 3.05) is 6.54 Å². The molecule has 1 aliphatic heterocycles. The Morgan fingerprint density at radius 3 is 2.14 bits per heavy atom. The van der Waals surface area contributed by atoms with Crippen molar-refractivity contribution in [3.8, 4) is 0 Å². The van der Waals surface area contributed by atoms with E-state index in [1.165, 1.54) is 6.07 Å². The Hall–Kier alpha value is -1.84. The number of carbonyl (C=O) groups excluding carboxylic acids is 1. The molecule has 3 fully saturated rings. The summed E-state index contributed by atoms with van der Waals surface area (Å²) in [7, 11) is 0. The highest BCUT2D eigenvalue weighted by atomic mass is 19.4. The fraction of sp³-hybridized carbons (Fsp3) is 0.720. The second-order valence-corrected chi connectivity index (χ2v) is 11.3. The molecule has 0 spiro atoms. The molecule has 1 N–H and O–H groups in total. The van der Waals surface area contributed by atoms with Crippen LogP contribution >= 0.6 is 0 Å². The Labute approximate surface area is 198 Å². The molecule has 1 amide bonds. The maximum absolute atomic E-state index is 14.7. The maximum Gasteiger partial charge on any atom is 0.435 e. The average Bonchev–Trinajstić information content (AvgIpc) is 3.21. The van der Waals surface area contributed by atoms with Gasteiger partial charge in [0.25, 0.3) is 0 Å². The largest absolute Gasteiger partial charge is 0.435 e. The standard InChI is InChI=1S/C25H28F7NO2/c1-20-10-11-33(19(34)21-6-2-8-22(35,14-21)9-3-7-21)18(20)13-15-12-16(4-5-17(15)20)23(26,24(27,28)29)25(30,31)32/h4-5,12,18,35H,2-3,6-11,13-14H2,1H3. The van der Waals surface area contributed by atoms with Gasteiger partial charge in [-0.05, 0) is 68.9 Å². The van der Waals surface area contributed by atoms with Crippen molar-refractivity contribution in [1.82, 2.24) is 4.90 Å². The van der Waals surface area contributed by atoms with E-state index in [9.17, 15) is 40.6 Å². The first-order valence-electron chi connectivity index (χ1n) is 12.1. The summed E-state index contributed by atoms with van der Waals surface area (Å²) in [6.07, 6.45) is -7.29. The number of fused-ring (bicyclic) bond motifs is 5. The Morgan fingerprint density at radius 1 is 0.971 bits per heavy atom. The van der Waals surface area contributed by atoms with Gasteiger partial charge >= 0.3 is 18.0 Å². The van der Waals surface area contributed by atoms with Crippen LogP contribution in [0.3, 0.4) is 0 Å². The van der Waals surface area contributed by atoms with E-state index < -0.39 is 46.1 Å². The normalized spacial score (nSPS) is 35.1. The zero-order valence-corrected chi connectivity index (χ0v) is 19.3. The lowest BCUT2D eigenvalue weighted by molar-refractivity contribution is -0.348. The number of benzene rings is 1. The topological polar surface area (TPSA) is 40.5 Å². The molecule has 2 bridgehead atoms. The summed E-state index contributed by atoms with van der Waals surface area (Å²) in [6, 6.07) is 2.00. The first-order chi connectivity index (χ1) is 16.1. The molecule has 1 aromatic carbocycles. The second-order valence-electron chi connectivity index (χ2n) is 11.3. The van der Waals surface area contributed by atoms with Gasteiger partial charge in [-0.2, -0.15) is 26.3 Å². The number of hydrogen-bond donors (Lipinski definition) is 1. The lowest BCUT2D eigenvalue weighted by Crippen LogP contribution is -2.55. The van der Waals surface area contributed by atoms with E-state index in [1.54, 1.807) is 4.90 Å². The number of carbonyl (C=O) groups is 1. The molecule has 0 aromatic heterocycles. The van der Waals surface area contributed by atoms with E-state index in [0.717, 1.165) is 12.8 Å². The predicted molar refractivity (Wildman–Crippen MR) is 112 cm³/mol. The summed E-state index contributed by atoms with van der Waals surface area (Å²) in [6.45, 7) is 2.29. The first-order valence-corrected chi connectivity index (χ1v) is 12.1. The molecule has 35 heavy (non-hydrogen) atoms. The SMILES string of the molecule is CC12CCN(C(=O)C34CCCC(O)(CCC3)C4)C1Cc1cc(C(F)(C(F)(F)F)C(F)(F)F)ccc12. The lowest BCUT2D eigenvalue weighted by Gasteiger charge is -2.50. The molecule has 3 nitrogen and oxygen atoms in total. The lowest BCUT2D eigenvalue weighted by atomic mass is 9.59. The molecule has 194 valence electrons. The molecule has 1 saturated heterocycles. The van der Waals surface area contributed by atoms with Crippen molar-refractivity contribution < 1.29 is 40.6 Å². The fourth-order valence-corrected chi connectivity index (χ4v) is 7.48. The Kier molecular flexibility index (Phi) is 5.22. The quantitative estimate of drug-likeness (QED) is 0.509. The monoisotopic (exact) mass is 507 g/mol. The third kappa shape index (κ3) is 3.37. The molecule has 2 unspecified atom stereocenters. The van der Waals surface area contributed by atoms with Crippen molar-refractivity contribution in [2.24, 2.45) is 5.41 Å². The number of hydrogen-bond acceptors (Lipinski definition) is 2. The van der Waals surface area contributed by atoms with Crippen LogP contribution < -0.4 is 0 Å². The smallest absolute Gasteiger partial charge is 0.390 e. The van der Waals surface area contributed by atoms with E-state index in [4.69, 9.17) is 0 Å². The first kappa shape index (κ1) is 24.8. The van der Waals surface area contributed by atoms with Crippen molar-refractivity contribution in [2.45, 2.75) is 99.8 Å². The summed E-state index contributed by atoms with van der Waals surface area (Å²) in [5.74, 6) is -0.0810. The van der Waals surface area contributed by atoms with Gasteiger partial charge in [0.2, 0.25) is 5.91 Å². The molecule has 1 heterocycles. The number of rotatable bonds is 2. The van der Waals surface area contributed by atoms with Gasteiger partial charge in [-0.15, -0.1) is 0 Å². The molecule has 0 radical (unpaired) electrons. The molecular formula is C25H28F7NO2. The number of likely N-dealkylation sites (tertiary alicyclic amines) is 1. The van der Waals surface area contributed by atoms with Crippen molar-refractivity contribution in [1.29, 1.82) is 0 Å². The number of amides is 1. The zero-order valence-electron chi connectivity index (χ0n) is 19.3. The summed E-state index contributed by atoms with van der Waals surface area (Å²) in [5.41, 5.74) is -8.37. The minimum atomic E-state index is -6.17. The van der Waals surface area contributed by atoms with E-state index in [-0.39, 0.29) is 17.9 Å². The van der Waals surface area contributed by atoms with E-state index >= 15 is 0 Å². The molecule has 10 heteroatoms. The molecule has 1 aromatic rings. The van der Waals surface area contributed by atoms with E-state index in [0.29, 0.717) is 62.8 Å². The Bertz CT molecular complexity index is 1030. The van der Waals surface area contributed by atoms with E-state index in [1.807, 2.05) is 6.92 Å². The van der Waals surface area contributed by atoms with Crippen molar-refractivity contribution in [3.05, 3.63) is 34.9 Å². The van der Waals surface area contributed by atoms with Gasteiger partial charge in [-0.25, -0.2) is 4.39 Å². The van der Waals surface area contributed by atoms with Crippen LogP contribution in [-0.2, 0) is 22.3 Å². The van der Waals surface area contributed by atoms with E-state index in [2.05, 4.69) is 0 Å². The predicted octanol–water partition coefficient (Wildman–Crippen LogP) is 5.87. The summed E-state index contributed by atoms with van der Waals surface area (Å²) >= 11 is 0. The summed E-state index contributed by atoms with van der Waals surface area (Å²) in [4.78, 5) is 15.6. The highest BCUT2D eigenvalue weighted by molar-refractivity contribution is 5.84. The van der Waals surface area contributed by atoms with Crippen LogP contribution in [-0.4, -0.2) is 46.5 Å². The van der Waals surface area contributed by atoms with Crippen LogP contribution in [0, 0.1) is 5.41 Å². The highest BCUT2D eigenvalue weighted by Crippen LogP contribution is 2.57. The molecule has 2 atom stereocenters. The second kappa shape index (κ2) is 7.35. The summed E-state index contributed by atoms with van der Waals surface area (Å²) < 4.78 is 94.5. The number of halogens is 7. The van der Waals surface area contributed by atoms with Crippen molar-refractivity contribution >= 4 is 5.91 Å². The molecule has 3 aliphatic carbocycles. The number of nitrogens with zero attached hydrogens (tertiary/aromatic N) is 1. The van der Waals surface area contributed by atoms with Gasteiger partial charge in [-0.1, -0.05) is 25.1 Å².